The number of carbonyl (C=O) groups is 1. The van der Waals surface area contributed by atoms with E-state index in [0.717, 1.165) is 5.39 Å². The van der Waals surface area contributed by atoms with Gasteiger partial charge in [-0.05, 0) is 48.0 Å². The maximum atomic E-state index is 13.1. The Morgan fingerprint density at radius 1 is 1.07 bits per heavy atom. The van der Waals surface area contributed by atoms with E-state index in [2.05, 4.69) is 10.3 Å². The highest BCUT2D eigenvalue weighted by atomic mass is 32.2. The third-order valence-corrected chi connectivity index (χ3v) is 8.59. The number of ether oxygens (including phenoxy) is 2. The molecule has 206 valence electrons. The minimum Gasteiger partial charge on any atom is -0.490 e. The van der Waals surface area contributed by atoms with Gasteiger partial charge >= 0.3 is 0 Å². The van der Waals surface area contributed by atoms with Crippen LogP contribution in [0.5, 0.6) is 5.75 Å². The molecule has 0 radical (unpaired) electrons. The number of hydrogen-bond acceptors (Lipinski definition) is 8. The Labute approximate surface area is 228 Å². The van der Waals surface area contributed by atoms with Crippen LogP contribution in [0.15, 0.2) is 65.7 Å². The molecule has 2 aliphatic heterocycles. The molecule has 4 aromatic rings. The molecule has 0 fully saturated rings. The number of sulfone groups is 1. The molecule has 1 amide bonds. The maximum Gasteiger partial charge on any atom is 0.263 e. The summed E-state index contributed by atoms with van der Waals surface area (Å²) in [6, 6.07) is 14.4. The van der Waals surface area contributed by atoms with E-state index in [1.165, 1.54) is 18.2 Å². The molecule has 2 aromatic heterocycles. The number of alkyl halides is 2. The van der Waals surface area contributed by atoms with Gasteiger partial charge in [0.15, 0.2) is 9.84 Å². The van der Waals surface area contributed by atoms with Gasteiger partial charge in [-0.1, -0.05) is 12.1 Å². The molecule has 2 aromatic carbocycles. The van der Waals surface area contributed by atoms with Crippen molar-refractivity contribution in [1.82, 2.24) is 15.3 Å². The molecule has 0 bridgehead atoms. The van der Waals surface area contributed by atoms with E-state index in [1.807, 2.05) is 17.0 Å². The third-order valence-electron chi connectivity index (χ3n) is 6.84. The Hall–Kier alpha value is -4.16. The number of pyridine rings is 2. The predicted octanol–water partition coefficient (Wildman–Crippen LogP) is 4.33. The predicted molar refractivity (Wildman–Crippen MR) is 143 cm³/mol. The first kappa shape index (κ1) is 26.1. The van der Waals surface area contributed by atoms with Crippen molar-refractivity contribution in [2.24, 2.45) is 0 Å². The first-order chi connectivity index (χ1) is 19.3. The highest BCUT2D eigenvalue weighted by Gasteiger charge is 2.24. The molecule has 9 nitrogen and oxygen atoms in total. The van der Waals surface area contributed by atoms with Gasteiger partial charge in [-0.15, -0.1) is 0 Å². The Morgan fingerprint density at radius 2 is 1.95 bits per heavy atom. The number of halogens is 2. The second-order valence-corrected chi connectivity index (χ2v) is 11.5. The molecule has 0 spiro atoms. The molecule has 0 saturated heterocycles. The lowest BCUT2D eigenvalue weighted by Gasteiger charge is -2.30. The fourth-order valence-corrected chi connectivity index (χ4v) is 6.13. The first-order valence-corrected chi connectivity index (χ1v) is 14.2. The monoisotopic (exact) mass is 566 g/mol. The molecule has 0 aliphatic carbocycles. The maximum absolute atomic E-state index is 13.1. The van der Waals surface area contributed by atoms with Crippen molar-refractivity contribution >= 4 is 38.2 Å². The molecule has 6 rings (SSSR count). The molecule has 4 heterocycles. The van der Waals surface area contributed by atoms with Crippen LogP contribution in [0.3, 0.4) is 0 Å². The van der Waals surface area contributed by atoms with Gasteiger partial charge in [-0.25, -0.2) is 22.2 Å². The van der Waals surface area contributed by atoms with E-state index in [0.29, 0.717) is 47.2 Å². The van der Waals surface area contributed by atoms with Crippen LogP contribution in [-0.2, 0) is 27.7 Å². The summed E-state index contributed by atoms with van der Waals surface area (Å²) in [7, 11) is -3.53. The number of carbonyl (C=O) groups excluding carboxylic acids is 1. The summed E-state index contributed by atoms with van der Waals surface area (Å²) in [6.07, 6.45) is -0.931. The van der Waals surface area contributed by atoms with E-state index in [9.17, 15) is 22.0 Å². The average molecular weight is 567 g/mol. The van der Waals surface area contributed by atoms with Crippen LogP contribution in [0.25, 0.3) is 10.9 Å². The Morgan fingerprint density at radius 3 is 2.80 bits per heavy atom. The normalized spacial score (nSPS) is 16.1. The van der Waals surface area contributed by atoms with Gasteiger partial charge in [0, 0.05) is 22.7 Å². The van der Waals surface area contributed by atoms with Crippen molar-refractivity contribution in [1.29, 1.82) is 0 Å². The van der Waals surface area contributed by atoms with E-state index in [1.54, 1.807) is 30.5 Å². The second-order valence-electron chi connectivity index (χ2n) is 9.44. The fraction of sp³-hybridized carbons (Fsp3) is 0.250. The topological polar surface area (TPSA) is 111 Å². The molecule has 0 atom stereocenters. The SMILES string of the molecule is O=C(NCc1cc2nc(N3CCOc4cc(C(F)F)ccc43)ccc2cn1)c1ccc2c(c1)S(=O)(=O)CCOC2. The van der Waals surface area contributed by atoms with Crippen LogP contribution in [0.4, 0.5) is 20.3 Å². The Balaban J connectivity index is 1.21. The lowest BCUT2D eigenvalue weighted by Crippen LogP contribution is -2.29. The Bertz CT molecular complexity index is 1730. The minimum atomic E-state index is -3.53. The molecule has 2 aliphatic rings. The molecule has 0 unspecified atom stereocenters. The fourth-order valence-electron chi connectivity index (χ4n) is 4.74. The number of anilines is 2. The van der Waals surface area contributed by atoms with Crippen molar-refractivity contribution in [3.05, 3.63) is 83.2 Å². The molecule has 12 heteroatoms. The third kappa shape index (κ3) is 5.07. The lowest BCUT2D eigenvalue weighted by molar-refractivity contribution is 0.0950. The van der Waals surface area contributed by atoms with E-state index in [4.69, 9.17) is 14.5 Å². The second kappa shape index (κ2) is 10.4. The van der Waals surface area contributed by atoms with Crippen LogP contribution < -0.4 is 15.0 Å². The van der Waals surface area contributed by atoms with Gasteiger partial charge in [-0.3, -0.25) is 9.78 Å². The van der Waals surface area contributed by atoms with Crippen LogP contribution in [0.2, 0.25) is 0 Å². The van der Waals surface area contributed by atoms with Crippen molar-refractivity contribution in [2.75, 3.05) is 30.4 Å². The van der Waals surface area contributed by atoms with Gasteiger partial charge in [0.1, 0.15) is 18.2 Å². The lowest BCUT2D eigenvalue weighted by atomic mass is 10.1. The summed E-state index contributed by atoms with van der Waals surface area (Å²) in [5.41, 5.74) is 2.51. The molecular formula is C28H24F2N4O5S. The van der Waals surface area contributed by atoms with E-state index in [-0.39, 0.29) is 41.5 Å². The van der Waals surface area contributed by atoms with E-state index < -0.39 is 22.2 Å². The van der Waals surface area contributed by atoms with Crippen molar-refractivity contribution in [3.8, 4) is 5.75 Å². The van der Waals surface area contributed by atoms with Crippen molar-refractivity contribution in [3.63, 3.8) is 0 Å². The van der Waals surface area contributed by atoms with Gasteiger partial charge in [-0.2, -0.15) is 0 Å². The highest BCUT2D eigenvalue weighted by Crippen LogP contribution is 2.38. The molecule has 0 saturated carbocycles. The van der Waals surface area contributed by atoms with Crippen LogP contribution in [-0.4, -0.2) is 49.8 Å². The molecule has 1 N–H and O–H groups in total. The van der Waals surface area contributed by atoms with Gasteiger partial charge in [0.2, 0.25) is 0 Å². The number of hydrogen-bond donors (Lipinski definition) is 1. The van der Waals surface area contributed by atoms with Crippen molar-refractivity contribution in [2.45, 2.75) is 24.5 Å². The van der Waals surface area contributed by atoms with Crippen LogP contribution in [0.1, 0.15) is 33.6 Å². The number of rotatable bonds is 5. The number of nitrogens with zero attached hydrogens (tertiary/aromatic N) is 3. The summed E-state index contributed by atoms with van der Waals surface area (Å²) in [5.74, 6) is 0.439. The number of amides is 1. The van der Waals surface area contributed by atoms with Crippen LogP contribution >= 0.6 is 0 Å². The smallest absolute Gasteiger partial charge is 0.263 e. The van der Waals surface area contributed by atoms with Gasteiger partial charge < -0.3 is 19.7 Å². The number of fused-ring (bicyclic) bond motifs is 3. The van der Waals surface area contributed by atoms with E-state index >= 15 is 0 Å². The summed E-state index contributed by atoms with van der Waals surface area (Å²) in [6.45, 7) is 1.21. The number of aromatic nitrogens is 2. The molecule has 40 heavy (non-hydrogen) atoms. The minimum absolute atomic E-state index is 0.102. The zero-order valence-electron chi connectivity index (χ0n) is 21.1. The molecular weight excluding hydrogens is 542 g/mol. The highest BCUT2D eigenvalue weighted by molar-refractivity contribution is 7.91. The number of nitrogens with one attached hydrogen (secondary N) is 1. The summed E-state index contributed by atoms with van der Waals surface area (Å²) < 4.78 is 62.4. The standard InChI is InChI=1S/C28H24F2N4O5S/c29-27(30)17-3-5-23-24(11-17)39-8-7-34(23)26-6-4-19-14-31-21(13-22(19)33-26)15-32-28(35)18-1-2-20-16-38-9-10-40(36,37)25(20)12-18/h1-6,11-14,27H,7-10,15-16H2,(H,32,35). The summed E-state index contributed by atoms with van der Waals surface area (Å²) in [4.78, 5) is 24.1. The summed E-state index contributed by atoms with van der Waals surface area (Å²) in [5, 5.41) is 3.58. The largest absolute Gasteiger partial charge is 0.490 e. The first-order valence-electron chi connectivity index (χ1n) is 12.6. The summed E-state index contributed by atoms with van der Waals surface area (Å²) >= 11 is 0. The average Bonchev–Trinajstić information content (AvgIpc) is 3.11. The van der Waals surface area contributed by atoms with Gasteiger partial charge in [0.25, 0.3) is 12.3 Å². The quantitative estimate of drug-likeness (QED) is 0.380. The van der Waals surface area contributed by atoms with Gasteiger partial charge in [0.05, 0.1) is 53.8 Å². The van der Waals surface area contributed by atoms with Crippen LogP contribution in [0, 0.1) is 0 Å². The number of benzene rings is 2. The zero-order valence-corrected chi connectivity index (χ0v) is 22.0. The zero-order chi connectivity index (χ0) is 27.9. The van der Waals surface area contributed by atoms with Crippen molar-refractivity contribution < 1.29 is 31.5 Å². The Kier molecular flexibility index (Phi) is 6.80.